The molecule has 6 heteroatoms. The van der Waals surface area contributed by atoms with Gasteiger partial charge in [-0.15, -0.1) is 0 Å². The van der Waals surface area contributed by atoms with E-state index in [0.717, 1.165) is 0 Å². The van der Waals surface area contributed by atoms with E-state index in [9.17, 15) is 14.8 Å². The van der Waals surface area contributed by atoms with Gasteiger partial charge in [0.25, 0.3) is 0 Å². The van der Waals surface area contributed by atoms with Gasteiger partial charge < -0.3 is 20.1 Å². The van der Waals surface area contributed by atoms with Crippen molar-refractivity contribution >= 4 is 24.2 Å². The summed E-state index contributed by atoms with van der Waals surface area (Å²) in [7, 11) is -0.284. The van der Waals surface area contributed by atoms with Gasteiger partial charge in [-0.2, -0.15) is 0 Å². The Kier molecular flexibility index (Phi) is 4.37. The lowest BCUT2D eigenvalue weighted by Gasteiger charge is -2.20. The molecule has 0 bridgehead atoms. The molecule has 0 aliphatic rings. The number of carbonyl (C=O) groups excluding carboxylic acids is 1. The first-order valence-electron chi connectivity index (χ1n) is 5.62. The molecule has 0 radical (unpaired) electrons. The molecule has 0 unspecified atom stereocenters. The lowest BCUT2D eigenvalue weighted by atomic mass is 9.78. The van der Waals surface area contributed by atoms with Gasteiger partial charge in [-0.05, 0) is 12.1 Å². The molecule has 0 atom stereocenters. The topological polar surface area (TPSA) is 78.8 Å². The zero-order chi connectivity index (χ0) is 13.9. The first kappa shape index (κ1) is 14.5. The maximum Gasteiger partial charge on any atom is 0.494 e. The van der Waals surface area contributed by atoms with Crippen LogP contribution in [0.15, 0.2) is 18.2 Å². The van der Waals surface area contributed by atoms with E-state index in [-0.39, 0.29) is 11.4 Å². The van der Waals surface area contributed by atoms with Gasteiger partial charge in [0, 0.05) is 16.6 Å². The highest BCUT2D eigenvalue weighted by atomic mass is 16.5. The Balaban J connectivity index is 3.13. The maximum atomic E-state index is 11.9. The molecule has 1 amide bonds. The molecule has 5 nitrogen and oxygen atoms in total. The fraction of sp³-hybridized carbons (Fsp3) is 0.417. The maximum absolute atomic E-state index is 11.9. The van der Waals surface area contributed by atoms with Crippen molar-refractivity contribution in [3.05, 3.63) is 18.2 Å². The molecule has 98 valence electrons. The summed E-state index contributed by atoms with van der Waals surface area (Å²) in [6.07, 6.45) is 0. The quantitative estimate of drug-likeness (QED) is 0.678. The fourth-order valence-corrected chi connectivity index (χ4v) is 1.41. The Hall–Kier alpha value is -1.53. The van der Waals surface area contributed by atoms with Gasteiger partial charge in [0.2, 0.25) is 5.91 Å². The third-order valence-electron chi connectivity index (χ3n) is 2.47. The van der Waals surface area contributed by atoms with Crippen LogP contribution < -0.4 is 15.5 Å². The summed E-state index contributed by atoms with van der Waals surface area (Å²) >= 11 is 0. The van der Waals surface area contributed by atoms with Crippen LogP contribution in [-0.2, 0) is 4.79 Å². The van der Waals surface area contributed by atoms with Gasteiger partial charge in [-0.3, -0.25) is 4.79 Å². The SMILES string of the molecule is COc1cccc(NC(=O)C(C)(C)C)c1B(O)O. The van der Waals surface area contributed by atoms with E-state index in [1.807, 2.05) is 0 Å². The molecule has 0 spiro atoms. The number of methoxy groups -OCH3 is 1. The number of carbonyl (C=O) groups is 1. The van der Waals surface area contributed by atoms with E-state index >= 15 is 0 Å². The van der Waals surface area contributed by atoms with Crippen molar-refractivity contribution in [1.29, 1.82) is 0 Å². The van der Waals surface area contributed by atoms with Crippen LogP contribution in [0.2, 0.25) is 0 Å². The second-order valence-corrected chi connectivity index (χ2v) is 5.00. The zero-order valence-corrected chi connectivity index (χ0v) is 11.0. The van der Waals surface area contributed by atoms with E-state index in [1.54, 1.807) is 39.0 Å². The summed E-state index contributed by atoms with van der Waals surface area (Å²) in [5, 5.41) is 21.4. The van der Waals surface area contributed by atoms with Crippen molar-refractivity contribution in [2.75, 3.05) is 12.4 Å². The number of anilines is 1. The highest BCUT2D eigenvalue weighted by Crippen LogP contribution is 2.19. The minimum Gasteiger partial charge on any atom is -0.497 e. The van der Waals surface area contributed by atoms with Gasteiger partial charge in [0.05, 0.1) is 7.11 Å². The first-order valence-corrected chi connectivity index (χ1v) is 5.62. The van der Waals surface area contributed by atoms with Crippen molar-refractivity contribution in [1.82, 2.24) is 0 Å². The minimum absolute atomic E-state index is 0.151. The monoisotopic (exact) mass is 251 g/mol. The number of hydrogen-bond acceptors (Lipinski definition) is 4. The summed E-state index contributed by atoms with van der Waals surface area (Å²) < 4.78 is 5.04. The average Bonchev–Trinajstić information content (AvgIpc) is 2.26. The van der Waals surface area contributed by atoms with E-state index in [0.29, 0.717) is 11.4 Å². The van der Waals surface area contributed by atoms with Gasteiger partial charge in [-0.1, -0.05) is 26.8 Å². The molecule has 1 rings (SSSR count). The Bertz CT molecular complexity index is 440. The average molecular weight is 251 g/mol. The summed E-state index contributed by atoms with van der Waals surface area (Å²) in [5.41, 5.74) is -0.0808. The van der Waals surface area contributed by atoms with E-state index in [4.69, 9.17) is 4.74 Å². The van der Waals surface area contributed by atoms with Crippen LogP contribution in [0.25, 0.3) is 0 Å². The number of nitrogens with one attached hydrogen (secondary N) is 1. The standard InChI is InChI=1S/C12H18BNO4/c1-12(2,3)11(15)14-8-6-5-7-9(18-4)10(8)13(16)17/h5-7,16-17H,1-4H3,(H,14,15). The molecule has 1 aromatic carbocycles. The summed E-state index contributed by atoms with van der Waals surface area (Å²) in [5.74, 6) is 0.106. The second-order valence-electron chi connectivity index (χ2n) is 5.00. The third-order valence-corrected chi connectivity index (χ3v) is 2.47. The van der Waals surface area contributed by atoms with Crippen LogP contribution in [0, 0.1) is 5.41 Å². The van der Waals surface area contributed by atoms with E-state index < -0.39 is 12.5 Å². The van der Waals surface area contributed by atoms with Gasteiger partial charge in [0.15, 0.2) is 0 Å². The van der Waals surface area contributed by atoms with Crippen LogP contribution in [0.1, 0.15) is 20.8 Å². The highest BCUT2D eigenvalue weighted by molar-refractivity contribution is 6.62. The Morgan fingerprint density at radius 2 is 1.94 bits per heavy atom. The lowest BCUT2D eigenvalue weighted by Crippen LogP contribution is -2.37. The molecule has 0 aromatic heterocycles. The molecule has 0 aliphatic carbocycles. The largest absolute Gasteiger partial charge is 0.497 e. The number of ether oxygens (including phenoxy) is 1. The summed E-state index contributed by atoms with van der Waals surface area (Å²) in [6, 6.07) is 4.87. The Morgan fingerprint density at radius 3 is 2.39 bits per heavy atom. The lowest BCUT2D eigenvalue weighted by molar-refractivity contribution is -0.123. The minimum atomic E-state index is -1.71. The van der Waals surface area contributed by atoms with Crippen LogP contribution in [0.4, 0.5) is 5.69 Å². The third kappa shape index (κ3) is 3.24. The van der Waals surface area contributed by atoms with Crippen LogP contribution >= 0.6 is 0 Å². The molecule has 0 fully saturated rings. The first-order chi connectivity index (χ1) is 8.27. The molecule has 18 heavy (non-hydrogen) atoms. The molecule has 0 saturated heterocycles. The molecular formula is C12H18BNO4. The number of rotatable bonds is 3. The van der Waals surface area contributed by atoms with Crippen molar-refractivity contribution in [3.8, 4) is 5.75 Å². The van der Waals surface area contributed by atoms with E-state index in [1.165, 1.54) is 7.11 Å². The Labute approximate surface area is 107 Å². The number of hydrogen-bond donors (Lipinski definition) is 3. The van der Waals surface area contributed by atoms with Gasteiger partial charge in [0.1, 0.15) is 5.75 Å². The molecule has 1 aromatic rings. The van der Waals surface area contributed by atoms with Crippen molar-refractivity contribution in [3.63, 3.8) is 0 Å². The zero-order valence-electron chi connectivity index (χ0n) is 11.0. The summed E-state index contributed by atoms with van der Waals surface area (Å²) in [4.78, 5) is 11.9. The normalized spacial score (nSPS) is 11.0. The summed E-state index contributed by atoms with van der Waals surface area (Å²) in [6.45, 7) is 5.33. The van der Waals surface area contributed by atoms with Crippen molar-refractivity contribution < 1.29 is 19.6 Å². The smallest absolute Gasteiger partial charge is 0.494 e. The van der Waals surface area contributed by atoms with Crippen LogP contribution in [-0.4, -0.2) is 30.2 Å². The molecular weight excluding hydrogens is 233 g/mol. The number of benzene rings is 1. The predicted molar refractivity (Wildman–Crippen MR) is 70.9 cm³/mol. The van der Waals surface area contributed by atoms with E-state index in [2.05, 4.69) is 5.32 Å². The van der Waals surface area contributed by atoms with Crippen LogP contribution in [0.5, 0.6) is 5.75 Å². The predicted octanol–water partition coefficient (Wildman–Crippen LogP) is 0.360. The number of amides is 1. The molecule has 0 aliphatic heterocycles. The van der Waals surface area contributed by atoms with Crippen molar-refractivity contribution in [2.45, 2.75) is 20.8 Å². The highest BCUT2D eigenvalue weighted by Gasteiger charge is 2.26. The van der Waals surface area contributed by atoms with Crippen molar-refractivity contribution in [2.24, 2.45) is 5.41 Å². The molecule has 3 N–H and O–H groups in total. The fourth-order valence-electron chi connectivity index (χ4n) is 1.41. The molecule has 0 saturated carbocycles. The van der Waals surface area contributed by atoms with Gasteiger partial charge >= 0.3 is 7.12 Å². The van der Waals surface area contributed by atoms with Crippen LogP contribution in [0.3, 0.4) is 0 Å². The Morgan fingerprint density at radius 1 is 1.33 bits per heavy atom. The second kappa shape index (κ2) is 5.41. The van der Waals surface area contributed by atoms with Gasteiger partial charge in [-0.25, -0.2) is 0 Å². The molecule has 0 heterocycles.